The van der Waals surface area contributed by atoms with Gasteiger partial charge < -0.3 is 14.4 Å². The Morgan fingerprint density at radius 3 is 3.05 bits per heavy atom. The number of carbonyl (C=O) groups is 1. The fourth-order valence-electron chi connectivity index (χ4n) is 1.85. The molecule has 2 aromatic rings. The predicted molar refractivity (Wildman–Crippen MR) is 69.3 cm³/mol. The van der Waals surface area contributed by atoms with E-state index in [-0.39, 0.29) is 12.3 Å². The average molecular weight is 262 g/mol. The van der Waals surface area contributed by atoms with Crippen molar-refractivity contribution in [1.82, 2.24) is 20.0 Å². The molecule has 0 radical (unpaired) electrons. The number of rotatable bonds is 6. The van der Waals surface area contributed by atoms with Crippen LogP contribution >= 0.6 is 0 Å². The van der Waals surface area contributed by atoms with Crippen LogP contribution in [0, 0.1) is 6.92 Å². The minimum absolute atomic E-state index is 0.0952. The summed E-state index contributed by atoms with van der Waals surface area (Å²) in [5.74, 6) is 1.35. The van der Waals surface area contributed by atoms with Crippen molar-refractivity contribution in [3.63, 3.8) is 0 Å². The molecule has 2 rings (SSSR count). The summed E-state index contributed by atoms with van der Waals surface area (Å²) < 4.78 is 7.04. The first-order valence-electron chi connectivity index (χ1n) is 6.38. The highest BCUT2D eigenvalue weighted by molar-refractivity contribution is 5.77. The molecule has 2 aromatic heterocycles. The van der Waals surface area contributed by atoms with Crippen LogP contribution in [0.25, 0.3) is 0 Å². The van der Waals surface area contributed by atoms with Gasteiger partial charge in [0.05, 0.1) is 18.7 Å². The van der Waals surface area contributed by atoms with Crippen molar-refractivity contribution >= 4 is 5.91 Å². The molecule has 0 fully saturated rings. The standard InChI is InChI=1S/C13H18N4O2/c1-3-5-17-6-4-14-12(17)9-15-13(18)8-11-7-10(2)16-19-11/h4,6-7H,3,5,8-9H2,1-2H3,(H,15,18). The van der Waals surface area contributed by atoms with Gasteiger partial charge in [-0.05, 0) is 13.3 Å². The van der Waals surface area contributed by atoms with Crippen LogP contribution in [0.3, 0.4) is 0 Å². The van der Waals surface area contributed by atoms with Gasteiger partial charge >= 0.3 is 0 Å². The number of nitrogens with zero attached hydrogens (tertiary/aromatic N) is 3. The molecule has 0 aliphatic carbocycles. The Bertz CT molecular complexity index is 544. The quantitative estimate of drug-likeness (QED) is 0.855. The summed E-state index contributed by atoms with van der Waals surface area (Å²) in [5.41, 5.74) is 0.779. The molecule has 0 aliphatic rings. The lowest BCUT2D eigenvalue weighted by molar-refractivity contribution is -0.120. The minimum Gasteiger partial charge on any atom is -0.361 e. The molecule has 0 aromatic carbocycles. The number of nitrogens with one attached hydrogen (secondary N) is 1. The zero-order valence-corrected chi connectivity index (χ0v) is 11.2. The van der Waals surface area contributed by atoms with Gasteiger partial charge in [-0.1, -0.05) is 12.1 Å². The topological polar surface area (TPSA) is 73.0 Å². The summed E-state index contributed by atoms with van der Waals surface area (Å²) in [4.78, 5) is 16.0. The first-order chi connectivity index (χ1) is 9.19. The Kier molecular flexibility index (Phi) is 4.33. The molecule has 0 spiro atoms. The van der Waals surface area contributed by atoms with Crippen molar-refractivity contribution < 1.29 is 9.32 Å². The van der Waals surface area contributed by atoms with E-state index in [4.69, 9.17) is 4.52 Å². The lowest BCUT2D eigenvalue weighted by Crippen LogP contribution is -2.26. The van der Waals surface area contributed by atoms with E-state index in [2.05, 4.69) is 22.4 Å². The van der Waals surface area contributed by atoms with Gasteiger partial charge in [-0.25, -0.2) is 4.98 Å². The zero-order valence-electron chi connectivity index (χ0n) is 11.2. The first kappa shape index (κ1) is 13.3. The fourth-order valence-corrected chi connectivity index (χ4v) is 1.85. The number of imidazole rings is 1. The third kappa shape index (κ3) is 3.67. The Balaban J connectivity index is 1.84. The van der Waals surface area contributed by atoms with E-state index in [0.717, 1.165) is 24.5 Å². The smallest absolute Gasteiger partial charge is 0.228 e. The van der Waals surface area contributed by atoms with Crippen molar-refractivity contribution in [2.24, 2.45) is 0 Å². The molecule has 0 atom stereocenters. The molecular weight excluding hydrogens is 244 g/mol. The summed E-state index contributed by atoms with van der Waals surface area (Å²) >= 11 is 0. The number of aromatic nitrogens is 3. The van der Waals surface area contributed by atoms with E-state index in [1.807, 2.05) is 17.7 Å². The van der Waals surface area contributed by atoms with Crippen molar-refractivity contribution in [3.8, 4) is 0 Å². The van der Waals surface area contributed by atoms with Gasteiger partial charge in [0.25, 0.3) is 0 Å². The van der Waals surface area contributed by atoms with Crippen LogP contribution in [0.2, 0.25) is 0 Å². The molecule has 1 amide bonds. The number of carbonyl (C=O) groups excluding carboxylic acids is 1. The lowest BCUT2D eigenvalue weighted by Gasteiger charge is -2.07. The van der Waals surface area contributed by atoms with E-state index in [0.29, 0.717) is 12.3 Å². The highest BCUT2D eigenvalue weighted by atomic mass is 16.5. The number of hydrogen-bond acceptors (Lipinski definition) is 4. The highest BCUT2D eigenvalue weighted by Gasteiger charge is 2.09. The summed E-state index contributed by atoms with van der Waals surface area (Å²) in [6, 6.07) is 1.76. The monoisotopic (exact) mass is 262 g/mol. The normalized spacial score (nSPS) is 10.6. The summed E-state index contributed by atoms with van der Waals surface area (Å²) in [6.45, 7) is 5.27. The van der Waals surface area contributed by atoms with E-state index in [1.54, 1.807) is 12.3 Å². The third-order valence-electron chi connectivity index (χ3n) is 2.72. The molecule has 6 heteroatoms. The molecule has 6 nitrogen and oxygen atoms in total. The van der Waals surface area contributed by atoms with Gasteiger partial charge in [0, 0.05) is 25.0 Å². The minimum atomic E-state index is -0.0952. The van der Waals surface area contributed by atoms with Crippen LogP contribution in [0.15, 0.2) is 23.0 Å². The molecule has 0 saturated heterocycles. The number of hydrogen-bond donors (Lipinski definition) is 1. The molecule has 2 heterocycles. The Labute approximate surface area is 111 Å². The number of aryl methyl sites for hydroxylation is 2. The molecule has 0 unspecified atom stereocenters. The second kappa shape index (κ2) is 6.17. The fraction of sp³-hybridized carbons (Fsp3) is 0.462. The van der Waals surface area contributed by atoms with Gasteiger partial charge in [-0.3, -0.25) is 4.79 Å². The Hall–Kier alpha value is -2.11. The molecule has 19 heavy (non-hydrogen) atoms. The van der Waals surface area contributed by atoms with Crippen LogP contribution in [0.4, 0.5) is 0 Å². The van der Waals surface area contributed by atoms with Gasteiger partial charge in [-0.15, -0.1) is 0 Å². The molecule has 1 N–H and O–H groups in total. The summed E-state index contributed by atoms with van der Waals surface area (Å²) in [5, 5.41) is 6.58. The van der Waals surface area contributed by atoms with E-state index >= 15 is 0 Å². The molecule has 0 bridgehead atoms. The van der Waals surface area contributed by atoms with Crippen LogP contribution in [0.1, 0.15) is 30.6 Å². The maximum Gasteiger partial charge on any atom is 0.228 e. The largest absolute Gasteiger partial charge is 0.361 e. The SMILES string of the molecule is CCCn1ccnc1CNC(=O)Cc1cc(C)no1. The maximum absolute atomic E-state index is 11.8. The second-order valence-corrected chi connectivity index (χ2v) is 4.42. The maximum atomic E-state index is 11.8. The van der Waals surface area contributed by atoms with Gasteiger partial charge in [0.2, 0.25) is 5.91 Å². The van der Waals surface area contributed by atoms with Crippen LogP contribution in [-0.4, -0.2) is 20.6 Å². The third-order valence-corrected chi connectivity index (χ3v) is 2.72. The van der Waals surface area contributed by atoms with E-state index in [1.165, 1.54) is 0 Å². The Morgan fingerprint density at radius 2 is 2.37 bits per heavy atom. The van der Waals surface area contributed by atoms with Crippen molar-refractivity contribution in [2.75, 3.05) is 0 Å². The van der Waals surface area contributed by atoms with Gasteiger partial charge in [-0.2, -0.15) is 0 Å². The first-order valence-corrected chi connectivity index (χ1v) is 6.38. The Morgan fingerprint density at radius 1 is 1.53 bits per heavy atom. The van der Waals surface area contributed by atoms with E-state index < -0.39 is 0 Å². The van der Waals surface area contributed by atoms with Crippen LogP contribution in [-0.2, 0) is 24.3 Å². The summed E-state index contributed by atoms with van der Waals surface area (Å²) in [6.07, 6.45) is 4.91. The van der Waals surface area contributed by atoms with Crippen LogP contribution in [0.5, 0.6) is 0 Å². The van der Waals surface area contributed by atoms with E-state index in [9.17, 15) is 4.79 Å². The lowest BCUT2D eigenvalue weighted by atomic mass is 10.3. The molecule has 0 aliphatic heterocycles. The van der Waals surface area contributed by atoms with Crippen molar-refractivity contribution in [1.29, 1.82) is 0 Å². The predicted octanol–water partition coefficient (Wildman–Crippen LogP) is 1.45. The van der Waals surface area contributed by atoms with Gasteiger partial charge in [0.1, 0.15) is 11.6 Å². The second-order valence-electron chi connectivity index (χ2n) is 4.42. The molecule has 102 valence electrons. The van der Waals surface area contributed by atoms with Crippen molar-refractivity contribution in [3.05, 3.63) is 35.7 Å². The van der Waals surface area contributed by atoms with Gasteiger partial charge in [0.15, 0.2) is 0 Å². The zero-order chi connectivity index (χ0) is 13.7. The van der Waals surface area contributed by atoms with Crippen LogP contribution < -0.4 is 5.32 Å². The molecular formula is C13H18N4O2. The molecule has 0 saturated carbocycles. The highest BCUT2D eigenvalue weighted by Crippen LogP contribution is 2.03. The van der Waals surface area contributed by atoms with Crippen molar-refractivity contribution in [2.45, 2.75) is 39.8 Å². The summed E-state index contributed by atoms with van der Waals surface area (Å²) in [7, 11) is 0. The average Bonchev–Trinajstić information content (AvgIpc) is 2.97. The number of amides is 1.